The zero-order valence-corrected chi connectivity index (χ0v) is 10.8. The van der Waals surface area contributed by atoms with Crippen LogP contribution in [0.2, 0.25) is 0 Å². The maximum Gasteiger partial charge on any atom is 0.523 e. The molecule has 0 aromatic rings. The Kier molecular flexibility index (Phi) is 3.31. The summed E-state index contributed by atoms with van der Waals surface area (Å²) in [5.74, 6) is 0. The first-order valence-corrected chi connectivity index (χ1v) is 6.37. The summed E-state index contributed by atoms with van der Waals surface area (Å²) < 4.78 is 68.0. The third kappa shape index (κ3) is 3.11. The smallest absolute Gasteiger partial charge is 0.367 e. The van der Waals surface area contributed by atoms with Gasteiger partial charge in [0.2, 0.25) is 0 Å². The molecule has 0 aliphatic carbocycles. The molecular formula is C9H15F3O4S. The van der Waals surface area contributed by atoms with E-state index >= 15 is 0 Å². The van der Waals surface area contributed by atoms with Crippen molar-refractivity contribution >= 4 is 10.1 Å². The number of hydrogen-bond donors (Lipinski definition) is 0. The molecule has 0 aromatic heterocycles. The van der Waals surface area contributed by atoms with E-state index in [4.69, 9.17) is 4.74 Å². The molecule has 0 amide bonds. The van der Waals surface area contributed by atoms with Crippen molar-refractivity contribution < 1.29 is 30.5 Å². The van der Waals surface area contributed by atoms with Gasteiger partial charge in [-0.25, -0.2) is 0 Å². The van der Waals surface area contributed by atoms with Crippen molar-refractivity contribution in [2.45, 2.75) is 56.9 Å². The Hall–Kier alpha value is -0.340. The van der Waals surface area contributed by atoms with Crippen LogP contribution in [0.25, 0.3) is 0 Å². The summed E-state index contributed by atoms with van der Waals surface area (Å²) in [6.07, 6.45) is -1.07. The normalized spacial score (nSPS) is 28.3. The minimum absolute atomic E-state index is 0.0787. The van der Waals surface area contributed by atoms with Crippen molar-refractivity contribution in [3.63, 3.8) is 0 Å². The predicted octanol–water partition coefficient (Wildman–Crippen LogP) is 2.20. The monoisotopic (exact) mass is 276 g/mol. The highest BCUT2D eigenvalue weighted by atomic mass is 32.2. The van der Waals surface area contributed by atoms with Crippen LogP contribution in [0.4, 0.5) is 13.2 Å². The summed E-state index contributed by atoms with van der Waals surface area (Å²) in [5.41, 5.74) is -7.20. The van der Waals surface area contributed by atoms with E-state index in [1.54, 1.807) is 13.8 Å². The van der Waals surface area contributed by atoms with Crippen LogP contribution < -0.4 is 0 Å². The average Bonchev–Trinajstić information content (AvgIpc) is 2.15. The Morgan fingerprint density at radius 1 is 1.24 bits per heavy atom. The van der Waals surface area contributed by atoms with Crippen molar-refractivity contribution in [2.24, 2.45) is 0 Å². The minimum atomic E-state index is -5.58. The lowest BCUT2D eigenvalue weighted by Gasteiger charge is -2.26. The van der Waals surface area contributed by atoms with Gasteiger partial charge >= 0.3 is 15.6 Å². The molecule has 1 atom stereocenters. The molecule has 1 aliphatic rings. The van der Waals surface area contributed by atoms with Crippen LogP contribution in [0.3, 0.4) is 0 Å². The summed E-state index contributed by atoms with van der Waals surface area (Å²) in [7, 11) is -5.58. The average molecular weight is 276 g/mol. The van der Waals surface area contributed by atoms with Gasteiger partial charge in [-0.2, -0.15) is 21.6 Å². The Morgan fingerprint density at radius 2 is 1.71 bits per heavy atom. The Bertz CT molecular complexity index is 397. The highest BCUT2D eigenvalue weighted by Crippen LogP contribution is 2.41. The number of rotatable bonds is 2. The van der Waals surface area contributed by atoms with Gasteiger partial charge in [-0.1, -0.05) is 0 Å². The first-order valence-electron chi connectivity index (χ1n) is 4.97. The lowest BCUT2D eigenvalue weighted by Crippen LogP contribution is -2.39. The van der Waals surface area contributed by atoms with E-state index in [1.807, 2.05) is 0 Å². The van der Waals surface area contributed by atoms with E-state index < -0.39 is 32.9 Å². The van der Waals surface area contributed by atoms with Gasteiger partial charge in [0.05, 0.1) is 11.2 Å². The quantitative estimate of drug-likeness (QED) is 0.573. The van der Waals surface area contributed by atoms with Gasteiger partial charge < -0.3 is 4.74 Å². The van der Waals surface area contributed by atoms with Gasteiger partial charge in [-0.3, -0.25) is 4.18 Å². The largest absolute Gasteiger partial charge is 0.523 e. The summed E-state index contributed by atoms with van der Waals surface area (Å²) in [5, 5.41) is 0. The van der Waals surface area contributed by atoms with Crippen LogP contribution in [-0.4, -0.2) is 31.2 Å². The van der Waals surface area contributed by atoms with Gasteiger partial charge in [0.25, 0.3) is 0 Å². The maximum absolute atomic E-state index is 12.2. The number of ether oxygens (including phenoxy) is 1. The van der Waals surface area contributed by atoms with Crippen LogP contribution in [0.1, 0.15) is 34.1 Å². The molecule has 0 spiro atoms. The van der Waals surface area contributed by atoms with E-state index in [0.29, 0.717) is 0 Å². The second kappa shape index (κ2) is 3.83. The number of halogens is 3. The van der Waals surface area contributed by atoms with Crippen molar-refractivity contribution in [1.82, 2.24) is 0 Å². The zero-order chi connectivity index (χ0) is 13.7. The van der Waals surface area contributed by atoms with E-state index in [0.717, 1.165) is 0 Å². The molecule has 0 bridgehead atoms. The van der Waals surface area contributed by atoms with Gasteiger partial charge in [0.1, 0.15) is 6.10 Å². The molecule has 0 N–H and O–H groups in total. The molecule has 1 unspecified atom stereocenters. The van der Waals surface area contributed by atoms with Crippen LogP contribution >= 0.6 is 0 Å². The second-order valence-corrected chi connectivity index (χ2v) is 6.72. The highest BCUT2D eigenvalue weighted by molar-refractivity contribution is 7.87. The van der Waals surface area contributed by atoms with E-state index in [2.05, 4.69) is 4.18 Å². The molecule has 0 aromatic carbocycles. The van der Waals surface area contributed by atoms with Gasteiger partial charge in [-0.05, 0) is 27.7 Å². The topological polar surface area (TPSA) is 52.6 Å². The van der Waals surface area contributed by atoms with Crippen molar-refractivity contribution in [3.05, 3.63) is 0 Å². The Labute approximate surface area is 98.2 Å². The first-order chi connectivity index (χ1) is 7.27. The van der Waals surface area contributed by atoms with Gasteiger partial charge in [0, 0.05) is 6.42 Å². The number of hydrogen-bond acceptors (Lipinski definition) is 4. The third-order valence-electron chi connectivity index (χ3n) is 2.52. The molecule has 1 rings (SSSR count). The maximum atomic E-state index is 12.2. The summed E-state index contributed by atoms with van der Waals surface area (Å²) >= 11 is 0. The van der Waals surface area contributed by atoms with E-state index in [9.17, 15) is 21.6 Å². The van der Waals surface area contributed by atoms with Gasteiger partial charge in [0.15, 0.2) is 0 Å². The van der Waals surface area contributed by atoms with Crippen molar-refractivity contribution in [1.29, 1.82) is 0 Å². The molecule has 8 heteroatoms. The molecule has 4 nitrogen and oxygen atoms in total. The van der Waals surface area contributed by atoms with Crippen LogP contribution in [0.15, 0.2) is 0 Å². The first kappa shape index (κ1) is 14.7. The van der Waals surface area contributed by atoms with Crippen molar-refractivity contribution in [3.8, 4) is 0 Å². The molecule has 17 heavy (non-hydrogen) atoms. The lowest BCUT2D eigenvalue weighted by molar-refractivity contribution is -0.0916. The number of alkyl halides is 3. The summed E-state index contributed by atoms with van der Waals surface area (Å²) in [6, 6.07) is 0. The third-order valence-corrected chi connectivity index (χ3v) is 3.57. The molecule has 1 heterocycles. The van der Waals surface area contributed by atoms with Gasteiger partial charge in [-0.15, -0.1) is 0 Å². The van der Waals surface area contributed by atoms with E-state index in [1.165, 1.54) is 13.8 Å². The second-order valence-electron chi connectivity index (χ2n) is 5.15. The molecule has 0 radical (unpaired) electrons. The lowest BCUT2D eigenvalue weighted by atomic mass is 9.98. The molecule has 102 valence electrons. The SMILES string of the molecule is CC1(C)CC(OS(=O)(=O)C(F)(F)F)C(C)(C)O1. The van der Waals surface area contributed by atoms with Crippen molar-refractivity contribution in [2.75, 3.05) is 0 Å². The molecule has 1 fully saturated rings. The highest BCUT2D eigenvalue weighted by Gasteiger charge is 2.54. The molecule has 1 aliphatic heterocycles. The fourth-order valence-corrected chi connectivity index (χ4v) is 2.58. The Morgan fingerprint density at radius 3 is 2.00 bits per heavy atom. The molecule has 1 saturated heterocycles. The molecule has 0 saturated carbocycles. The fourth-order valence-electron chi connectivity index (χ4n) is 1.87. The molecular weight excluding hydrogens is 261 g/mol. The van der Waals surface area contributed by atoms with Crippen LogP contribution in [-0.2, 0) is 19.0 Å². The summed E-state index contributed by atoms with van der Waals surface area (Å²) in [6.45, 7) is 6.33. The minimum Gasteiger partial charge on any atom is -0.367 e. The summed E-state index contributed by atoms with van der Waals surface area (Å²) in [4.78, 5) is 0. The van der Waals surface area contributed by atoms with Crippen LogP contribution in [0, 0.1) is 0 Å². The zero-order valence-electron chi connectivity index (χ0n) is 9.96. The Balaban J connectivity index is 2.91. The fraction of sp³-hybridized carbons (Fsp3) is 1.00. The standard InChI is InChI=1S/C9H15F3O4S/c1-7(2)5-6(8(3,4)16-7)15-17(13,14)9(10,11)12/h6H,5H2,1-4H3. The van der Waals surface area contributed by atoms with Crippen LogP contribution in [0.5, 0.6) is 0 Å². The van der Waals surface area contributed by atoms with E-state index in [-0.39, 0.29) is 6.42 Å². The predicted molar refractivity (Wildman–Crippen MR) is 53.7 cm³/mol.